The molecule has 1 aromatic heterocycles. The van der Waals surface area contributed by atoms with Gasteiger partial charge in [-0.25, -0.2) is 4.98 Å². The fourth-order valence-electron chi connectivity index (χ4n) is 4.05. The van der Waals surface area contributed by atoms with Crippen LogP contribution >= 0.6 is 0 Å². The van der Waals surface area contributed by atoms with Crippen LogP contribution in [0.4, 0.5) is 5.95 Å². The molecule has 6 heteroatoms. The summed E-state index contributed by atoms with van der Waals surface area (Å²) in [6.07, 6.45) is 3.28. The second-order valence-electron chi connectivity index (χ2n) is 8.37. The van der Waals surface area contributed by atoms with E-state index in [1.54, 1.807) is 0 Å². The van der Waals surface area contributed by atoms with Crippen LogP contribution in [-0.4, -0.2) is 53.6 Å². The number of imidazole rings is 1. The molecule has 1 saturated heterocycles. The lowest BCUT2D eigenvalue weighted by molar-refractivity contribution is -0.131. The number of amides is 1. The summed E-state index contributed by atoms with van der Waals surface area (Å²) in [5.41, 5.74) is 4.39. The van der Waals surface area contributed by atoms with E-state index in [0.29, 0.717) is 13.0 Å². The van der Waals surface area contributed by atoms with Crippen LogP contribution in [0.25, 0.3) is 11.0 Å². The SMILES string of the molecule is Cc1ccc(C)c(OCCCCC(=O)N2CCCN(c3nc4ccccc4[nH]3)CC2)c1. The Morgan fingerprint density at radius 1 is 1.06 bits per heavy atom. The largest absolute Gasteiger partial charge is 0.493 e. The predicted octanol–water partition coefficient (Wildman–Crippen LogP) is 4.47. The topological polar surface area (TPSA) is 61.5 Å². The summed E-state index contributed by atoms with van der Waals surface area (Å²) in [5, 5.41) is 0. The number of rotatable bonds is 7. The third-order valence-corrected chi connectivity index (χ3v) is 5.91. The molecule has 1 aliphatic heterocycles. The molecule has 31 heavy (non-hydrogen) atoms. The highest BCUT2D eigenvalue weighted by Gasteiger charge is 2.20. The first kappa shape index (κ1) is 21.2. The Balaban J connectivity index is 1.21. The number of para-hydroxylation sites is 2. The number of hydrogen-bond acceptors (Lipinski definition) is 4. The molecule has 1 aliphatic rings. The summed E-state index contributed by atoms with van der Waals surface area (Å²) in [5.74, 6) is 2.10. The van der Waals surface area contributed by atoms with E-state index in [1.165, 1.54) is 5.56 Å². The number of aryl methyl sites for hydroxylation is 2. The molecule has 1 fully saturated rings. The molecule has 0 atom stereocenters. The van der Waals surface area contributed by atoms with Gasteiger partial charge in [0.25, 0.3) is 0 Å². The maximum Gasteiger partial charge on any atom is 0.222 e. The zero-order valence-corrected chi connectivity index (χ0v) is 18.6. The van der Waals surface area contributed by atoms with Crippen LogP contribution < -0.4 is 9.64 Å². The zero-order valence-electron chi connectivity index (χ0n) is 18.6. The van der Waals surface area contributed by atoms with Crippen molar-refractivity contribution < 1.29 is 9.53 Å². The third-order valence-electron chi connectivity index (χ3n) is 5.91. The van der Waals surface area contributed by atoms with Gasteiger partial charge in [0.2, 0.25) is 11.9 Å². The van der Waals surface area contributed by atoms with Gasteiger partial charge < -0.3 is 19.5 Å². The molecule has 0 bridgehead atoms. The monoisotopic (exact) mass is 420 g/mol. The van der Waals surface area contributed by atoms with Crippen LogP contribution in [0.15, 0.2) is 42.5 Å². The van der Waals surface area contributed by atoms with Crippen molar-refractivity contribution in [3.63, 3.8) is 0 Å². The summed E-state index contributed by atoms with van der Waals surface area (Å²) < 4.78 is 5.91. The molecule has 0 unspecified atom stereocenters. The minimum absolute atomic E-state index is 0.248. The normalized spacial score (nSPS) is 14.6. The smallest absolute Gasteiger partial charge is 0.222 e. The number of carbonyl (C=O) groups is 1. The number of aromatic amines is 1. The van der Waals surface area contributed by atoms with Crippen LogP contribution in [0, 0.1) is 13.8 Å². The Bertz CT molecular complexity index is 996. The fourth-order valence-corrected chi connectivity index (χ4v) is 4.05. The Labute approximate surface area is 184 Å². The first-order valence-electron chi connectivity index (χ1n) is 11.3. The third kappa shape index (κ3) is 5.37. The number of anilines is 1. The Kier molecular flexibility index (Phi) is 6.75. The minimum atomic E-state index is 0.248. The second-order valence-corrected chi connectivity index (χ2v) is 8.37. The summed E-state index contributed by atoms with van der Waals surface area (Å²) in [6, 6.07) is 14.3. The van der Waals surface area contributed by atoms with Crippen LogP contribution in [-0.2, 0) is 4.79 Å². The lowest BCUT2D eigenvalue weighted by atomic mass is 10.1. The van der Waals surface area contributed by atoms with Gasteiger partial charge >= 0.3 is 0 Å². The average molecular weight is 421 g/mol. The maximum atomic E-state index is 12.7. The molecule has 0 saturated carbocycles. The van der Waals surface area contributed by atoms with Gasteiger partial charge in [-0.15, -0.1) is 0 Å². The number of H-pyrrole nitrogens is 1. The predicted molar refractivity (Wildman–Crippen MR) is 125 cm³/mol. The molecule has 1 N–H and O–H groups in total. The maximum absolute atomic E-state index is 12.7. The van der Waals surface area contributed by atoms with Gasteiger partial charge in [0.15, 0.2) is 0 Å². The van der Waals surface area contributed by atoms with Gasteiger partial charge in [0.05, 0.1) is 17.6 Å². The van der Waals surface area contributed by atoms with E-state index in [2.05, 4.69) is 41.9 Å². The van der Waals surface area contributed by atoms with Crippen LogP contribution in [0.3, 0.4) is 0 Å². The number of ether oxygens (including phenoxy) is 1. The molecule has 164 valence electrons. The van der Waals surface area contributed by atoms with E-state index in [9.17, 15) is 4.79 Å². The number of carbonyl (C=O) groups excluding carboxylic acids is 1. The van der Waals surface area contributed by atoms with Crippen molar-refractivity contribution in [1.29, 1.82) is 0 Å². The lowest BCUT2D eigenvalue weighted by Gasteiger charge is -2.21. The van der Waals surface area contributed by atoms with E-state index >= 15 is 0 Å². The van der Waals surface area contributed by atoms with Gasteiger partial charge in [-0.1, -0.05) is 24.3 Å². The number of unbranched alkanes of at least 4 members (excludes halogenated alkanes) is 1. The highest BCUT2D eigenvalue weighted by molar-refractivity contribution is 5.78. The highest BCUT2D eigenvalue weighted by Crippen LogP contribution is 2.20. The number of nitrogens with one attached hydrogen (secondary N) is 1. The molecule has 3 aromatic rings. The van der Waals surface area contributed by atoms with Crippen LogP contribution in [0.2, 0.25) is 0 Å². The quantitative estimate of drug-likeness (QED) is 0.573. The molecule has 0 spiro atoms. The van der Waals surface area contributed by atoms with E-state index in [-0.39, 0.29) is 5.91 Å². The highest BCUT2D eigenvalue weighted by atomic mass is 16.5. The molecule has 0 radical (unpaired) electrons. The van der Waals surface area contributed by atoms with Crippen molar-refractivity contribution in [2.75, 3.05) is 37.7 Å². The minimum Gasteiger partial charge on any atom is -0.493 e. The van der Waals surface area contributed by atoms with E-state index in [4.69, 9.17) is 9.72 Å². The fraction of sp³-hybridized carbons (Fsp3) is 0.440. The van der Waals surface area contributed by atoms with Crippen molar-refractivity contribution >= 4 is 22.9 Å². The molecular weight excluding hydrogens is 388 g/mol. The average Bonchev–Trinajstić information content (AvgIpc) is 3.05. The Morgan fingerprint density at radius 3 is 2.81 bits per heavy atom. The lowest BCUT2D eigenvalue weighted by Crippen LogP contribution is -2.35. The molecule has 0 aliphatic carbocycles. The zero-order chi connectivity index (χ0) is 21.6. The van der Waals surface area contributed by atoms with Gasteiger partial charge in [-0.05, 0) is 62.4 Å². The van der Waals surface area contributed by atoms with Crippen molar-refractivity contribution in [2.45, 2.75) is 39.5 Å². The first-order chi connectivity index (χ1) is 15.1. The second kappa shape index (κ2) is 9.86. The molecular formula is C25H32N4O2. The van der Waals surface area contributed by atoms with Crippen molar-refractivity contribution in [2.24, 2.45) is 0 Å². The Morgan fingerprint density at radius 2 is 1.94 bits per heavy atom. The first-order valence-corrected chi connectivity index (χ1v) is 11.3. The summed E-state index contributed by atoms with van der Waals surface area (Å²) in [7, 11) is 0. The van der Waals surface area contributed by atoms with Gasteiger partial charge in [0.1, 0.15) is 5.75 Å². The van der Waals surface area contributed by atoms with E-state index in [0.717, 1.165) is 73.7 Å². The summed E-state index contributed by atoms with van der Waals surface area (Å²) in [4.78, 5) is 25.1. The number of hydrogen-bond donors (Lipinski definition) is 1. The number of benzene rings is 2. The number of fused-ring (bicyclic) bond motifs is 1. The van der Waals surface area contributed by atoms with Gasteiger partial charge in [-0.2, -0.15) is 0 Å². The standard InChI is InChI=1S/C25H32N4O2/c1-19-11-12-20(2)23(18-19)31-17-6-5-10-24(30)28-13-7-14-29(16-15-28)25-26-21-8-3-4-9-22(21)27-25/h3-4,8-9,11-12,18H,5-7,10,13-17H2,1-2H3,(H,26,27). The molecule has 6 nitrogen and oxygen atoms in total. The number of aromatic nitrogens is 2. The van der Waals surface area contributed by atoms with Crippen molar-refractivity contribution in [1.82, 2.24) is 14.9 Å². The summed E-state index contributed by atoms with van der Waals surface area (Å²) >= 11 is 0. The van der Waals surface area contributed by atoms with Gasteiger partial charge in [0, 0.05) is 32.6 Å². The number of nitrogens with zero attached hydrogens (tertiary/aromatic N) is 3. The van der Waals surface area contributed by atoms with Crippen LogP contribution in [0.5, 0.6) is 5.75 Å². The molecule has 1 amide bonds. The van der Waals surface area contributed by atoms with Crippen molar-refractivity contribution in [3.8, 4) is 5.75 Å². The molecule has 2 heterocycles. The molecule has 4 rings (SSSR count). The van der Waals surface area contributed by atoms with E-state index < -0.39 is 0 Å². The summed E-state index contributed by atoms with van der Waals surface area (Å²) in [6.45, 7) is 8.06. The van der Waals surface area contributed by atoms with Crippen LogP contribution in [0.1, 0.15) is 36.8 Å². The van der Waals surface area contributed by atoms with Gasteiger partial charge in [-0.3, -0.25) is 4.79 Å². The van der Waals surface area contributed by atoms with E-state index in [1.807, 2.05) is 29.2 Å². The Hall–Kier alpha value is -3.02. The molecule has 2 aromatic carbocycles. The van der Waals surface area contributed by atoms with Crippen molar-refractivity contribution in [3.05, 3.63) is 53.6 Å².